The second-order valence-corrected chi connectivity index (χ2v) is 3.94. The highest BCUT2D eigenvalue weighted by atomic mass is 35.5. The second kappa shape index (κ2) is 4.99. The molecule has 3 heteroatoms. The van der Waals surface area contributed by atoms with Crippen molar-refractivity contribution in [2.45, 2.75) is 13.5 Å². The van der Waals surface area contributed by atoms with Crippen LogP contribution < -0.4 is 4.74 Å². The zero-order chi connectivity index (χ0) is 11.4. The number of hydrogen-bond donors (Lipinski definition) is 0. The molecule has 0 aliphatic rings. The van der Waals surface area contributed by atoms with E-state index in [9.17, 15) is 0 Å². The van der Waals surface area contributed by atoms with Crippen molar-refractivity contribution < 1.29 is 4.74 Å². The molecule has 1 aromatic carbocycles. The standard InChI is InChI=1S/C13H12ClNO/c1-10-4-2-6-12(8-10)16-9-11-5-3-7-13(14)15-11/h2-8H,9H2,1H3. The summed E-state index contributed by atoms with van der Waals surface area (Å²) < 4.78 is 5.61. The van der Waals surface area contributed by atoms with Gasteiger partial charge in [-0.25, -0.2) is 4.98 Å². The molecule has 0 amide bonds. The maximum absolute atomic E-state index is 5.79. The molecular weight excluding hydrogens is 222 g/mol. The lowest BCUT2D eigenvalue weighted by molar-refractivity contribution is 0.301. The third-order valence-corrected chi connectivity index (χ3v) is 2.36. The van der Waals surface area contributed by atoms with Crippen LogP contribution in [0.3, 0.4) is 0 Å². The van der Waals surface area contributed by atoms with Gasteiger partial charge in [-0.3, -0.25) is 0 Å². The van der Waals surface area contributed by atoms with Crippen LogP contribution in [0.1, 0.15) is 11.3 Å². The quantitative estimate of drug-likeness (QED) is 0.756. The number of halogens is 1. The van der Waals surface area contributed by atoms with Crippen LogP contribution in [0.25, 0.3) is 0 Å². The van der Waals surface area contributed by atoms with Gasteiger partial charge in [0.15, 0.2) is 0 Å². The van der Waals surface area contributed by atoms with Gasteiger partial charge in [0.25, 0.3) is 0 Å². The summed E-state index contributed by atoms with van der Waals surface area (Å²) in [6.07, 6.45) is 0. The Morgan fingerprint density at radius 2 is 2.00 bits per heavy atom. The molecule has 1 heterocycles. The van der Waals surface area contributed by atoms with E-state index in [1.165, 1.54) is 5.56 Å². The van der Waals surface area contributed by atoms with Crippen LogP contribution in [0.5, 0.6) is 5.75 Å². The van der Waals surface area contributed by atoms with Crippen molar-refractivity contribution in [1.29, 1.82) is 0 Å². The van der Waals surface area contributed by atoms with E-state index >= 15 is 0 Å². The molecule has 2 aromatic rings. The Balaban J connectivity index is 2.02. The molecule has 0 N–H and O–H groups in total. The normalized spacial score (nSPS) is 10.1. The van der Waals surface area contributed by atoms with Crippen LogP contribution >= 0.6 is 11.6 Å². The molecular formula is C13H12ClNO. The first kappa shape index (κ1) is 11.0. The molecule has 0 spiro atoms. The van der Waals surface area contributed by atoms with Crippen molar-refractivity contribution in [3.63, 3.8) is 0 Å². The monoisotopic (exact) mass is 233 g/mol. The van der Waals surface area contributed by atoms with Crippen LogP contribution in [0.4, 0.5) is 0 Å². The summed E-state index contributed by atoms with van der Waals surface area (Å²) in [4.78, 5) is 4.15. The van der Waals surface area contributed by atoms with Gasteiger partial charge >= 0.3 is 0 Å². The third kappa shape index (κ3) is 2.97. The number of pyridine rings is 1. The van der Waals surface area contributed by atoms with E-state index in [2.05, 4.69) is 4.98 Å². The Bertz CT molecular complexity index is 439. The highest BCUT2D eigenvalue weighted by Gasteiger charge is 1.98. The lowest BCUT2D eigenvalue weighted by Gasteiger charge is -2.06. The van der Waals surface area contributed by atoms with Gasteiger partial charge in [-0.05, 0) is 36.8 Å². The Labute approximate surface area is 99.9 Å². The number of hydrogen-bond acceptors (Lipinski definition) is 2. The topological polar surface area (TPSA) is 22.1 Å². The first-order chi connectivity index (χ1) is 7.74. The molecule has 0 fully saturated rings. The minimum Gasteiger partial charge on any atom is -0.487 e. The van der Waals surface area contributed by atoms with E-state index in [4.69, 9.17) is 16.3 Å². The fraction of sp³-hybridized carbons (Fsp3) is 0.154. The van der Waals surface area contributed by atoms with Crippen molar-refractivity contribution in [3.8, 4) is 5.75 Å². The number of benzene rings is 1. The zero-order valence-corrected chi connectivity index (χ0v) is 9.74. The molecule has 1 aromatic heterocycles. The number of rotatable bonds is 3. The summed E-state index contributed by atoms with van der Waals surface area (Å²) in [6.45, 7) is 2.47. The Hall–Kier alpha value is -1.54. The molecule has 0 saturated heterocycles. The highest BCUT2D eigenvalue weighted by Crippen LogP contribution is 2.14. The molecule has 0 bridgehead atoms. The average Bonchev–Trinajstić information content (AvgIpc) is 2.27. The Kier molecular flexibility index (Phi) is 3.42. The predicted octanol–water partition coefficient (Wildman–Crippen LogP) is 3.62. The van der Waals surface area contributed by atoms with E-state index in [0.717, 1.165) is 11.4 Å². The van der Waals surface area contributed by atoms with E-state index in [1.807, 2.05) is 43.3 Å². The summed E-state index contributed by atoms with van der Waals surface area (Å²) in [5.74, 6) is 0.849. The first-order valence-corrected chi connectivity index (χ1v) is 5.43. The molecule has 16 heavy (non-hydrogen) atoms. The highest BCUT2D eigenvalue weighted by molar-refractivity contribution is 6.29. The van der Waals surface area contributed by atoms with Crippen molar-refractivity contribution in [3.05, 3.63) is 58.9 Å². The molecule has 0 saturated carbocycles. The number of nitrogens with zero attached hydrogens (tertiary/aromatic N) is 1. The summed E-state index contributed by atoms with van der Waals surface area (Å²) >= 11 is 5.79. The van der Waals surface area contributed by atoms with Crippen molar-refractivity contribution in [1.82, 2.24) is 4.98 Å². The van der Waals surface area contributed by atoms with Crippen LogP contribution in [0.15, 0.2) is 42.5 Å². The minimum absolute atomic E-state index is 0.435. The lowest BCUT2D eigenvalue weighted by Crippen LogP contribution is -1.98. The van der Waals surface area contributed by atoms with Gasteiger partial charge in [-0.2, -0.15) is 0 Å². The summed E-state index contributed by atoms with van der Waals surface area (Å²) in [6, 6.07) is 13.4. The smallest absolute Gasteiger partial charge is 0.130 e. The summed E-state index contributed by atoms with van der Waals surface area (Å²) in [5.41, 5.74) is 2.01. The molecule has 0 atom stereocenters. The molecule has 82 valence electrons. The SMILES string of the molecule is Cc1cccc(OCc2cccc(Cl)n2)c1. The van der Waals surface area contributed by atoms with Gasteiger partial charge < -0.3 is 4.74 Å². The van der Waals surface area contributed by atoms with Crippen LogP contribution in [-0.4, -0.2) is 4.98 Å². The number of ether oxygens (including phenoxy) is 1. The number of aryl methyl sites for hydroxylation is 1. The average molecular weight is 234 g/mol. The Morgan fingerprint density at radius 1 is 1.19 bits per heavy atom. The van der Waals surface area contributed by atoms with Gasteiger partial charge in [-0.1, -0.05) is 29.8 Å². The van der Waals surface area contributed by atoms with Crippen LogP contribution in [-0.2, 0) is 6.61 Å². The van der Waals surface area contributed by atoms with Gasteiger partial charge in [0.2, 0.25) is 0 Å². The van der Waals surface area contributed by atoms with Crippen molar-refractivity contribution >= 4 is 11.6 Å². The van der Waals surface area contributed by atoms with E-state index in [-0.39, 0.29) is 0 Å². The fourth-order valence-corrected chi connectivity index (χ4v) is 1.57. The van der Waals surface area contributed by atoms with Gasteiger partial charge in [0.1, 0.15) is 17.5 Å². The van der Waals surface area contributed by atoms with E-state index in [0.29, 0.717) is 11.8 Å². The van der Waals surface area contributed by atoms with Crippen LogP contribution in [0, 0.1) is 6.92 Å². The van der Waals surface area contributed by atoms with E-state index in [1.54, 1.807) is 6.07 Å². The van der Waals surface area contributed by atoms with Crippen LogP contribution in [0.2, 0.25) is 5.15 Å². The molecule has 0 aliphatic heterocycles. The summed E-state index contributed by atoms with van der Waals surface area (Å²) in [7, 11) is 0. The zero-order valence-electron chi connectivity index (χ0n) is 8.98. The maximum Gasteiger partial charge on any atom is 0.130 e. The third-order valence-electron chi connectivity index (χ3n) is 2.15. The largest absolute Gasteiger partial charge is 0.487 e. The van der Waals surface area contributed by atoms with Gasteiger partial charge in [-0.15, -0.1) is 0 Å². The predicted molar refractivity (Wildman–Crippen MR) is 64.8 cm³/mol. The minimum atomic E-state index is 0.435. The fourth-order valence-electron chi connectivity index (χ4n) is 1.39. The maximum atomic E-state index is 5.79. The molecule has 0 unspecified atom stereocenters. The molecule has 2 rings (SSSR count). The molecule has 0 radical (unpaired) electrons. The molecule has 2 nitrogen and oxygen atoms in total. The second-order valence-electron chi connectivity index (χ2n) is 3.56. The number of aromatic nitrogens is 1. The van der Waals surface area contributed by atoms with E-state index < -0.39 is 0 Å². The van der Waals surface area contributed by atoms with Gasteiger partial charge in [0, 0.05) is 0 Å². The summed E-state index contributed by atoms with van der Waals surface area (Å²) in [5, 5.41) is 0.491. The Morgan fingerprint density at radius 3 is 2.75 bits per heavy atom. The van der Waals surface area contributed by atoms with Crippen molar-refractivity contribution in [2.24, 2.45) is 0 Å². The van der Waals surface area contributed by atoms with Gasteiger partial charge in [0.05, 0.1) is 5.69 Å². The van der Waals surface area contributed by atoms with Crippen molar-refractivity contribution in [2.75, 3.05) is 0 Å². The molecule has 0 aliphatic carbocycles. The first-order valence-electron chi connectivity index (χ1n) is 5.05. The lowest BCUT2D eigenvalue weighted by atomic mass is 10.2.